The third-order valence-electron chi connectivity index (χ3n) is 5.36. The first kappa shape index (κ1) is 20.7. The first-order valence-corrected chi connectivity index (χ1v) is 11.9. The van der Waals surface area contributed by atoms with E-state index in [4.69, 9.17) is 16.4 Å². The van der Waals surface area contributed by atoms with E-state index in [1.807, 2.05) is 0 Å². The van der Waals surface area contributed by atoms with Gasteiger partial charge in [-0.3, -0.25) is 9.36 Å². The summed E-state index contributed by atoms with van der Waals surface area (Å²) < 4.78 is 35.6. The Morgan fingerprint density at radius 1 is 1.30 bits per heavy atom. The van der Waals surface area contributed by atoms with E-state index in [0.29, 0.717) is 22.3 Å². The highest BCUT2D eigenvalue weighted by Gasteiger charge is 2.22. The molecular weight excluding hydrogens is 429 g/mol. The monoisotopic (exact) mass is 449 g/mol. The molecule has 1 atom stereocenters. The number of aryl methyl sites for hydroxylation is 1. The Labute approximate surface area is 178 Å². The number of nitrogens with zero attached hydrogens (tertiary/aromatic N) is 3. The molecule has 2 heterocycles. The first-order valence-electron chi connectivity index (χ1n) is 9.54. The lowest BCUT2D eigenvalue weighted by Crippen LogP contribution is -2.25. The van der Waals surface area contributed by atoms with Crippen molar-refractivity contribution in [2.75, 3.05) is 11.6 Å². The van der Waals surface area contributed by atoms with E-state index in [1.54, 1.807) is 23.8 Å². The average Bonchev–Trinajstić information content (AvgIpc) is 3.19. The molecule has 0 bridgehead atoms. The maximum atomic E-state index is 14.4. The molecule has 2 N–H and O–H groups in total. The fraction of sp³-hybridized carbons (Fsp3) is 0.350. The summed E-state index contributed by atoms with van der Waals surface area (Å²) in [5, 5.41) is 3.75. The number of halogens is 2. The van der Waals surface area contributed by atoms with Crippen LogP contribution in [0.4, 0.5) is 16.0 Å². The molecule has 1 aromatic carbocycles. The summed E-state index contributed by atoms with van der Waals surface area (Å²) in [6.07, 6.45) is 6.61. The Kier molecular flexibility index (Phi) is 5.27. The third-order valence-corrected chi connectivity index (χ3v) is 6.79. The van der Waals surface area contributed by atoms with Crippen LogP contribution >= 0.6 is 11.6 Å². The number of pyridine rings is 1. The SMILES string of the molecule is Cc1cc(S(C)(=N)=O)c(F)cc1Nc1ncc2cc(Cl)c(=O)n(C3CCCC3)c2n1. The molecule has 1 unspecified atom stereocenters. The molecule has 0 spiro atoms. The van der Waals surface area contributed by atoms with Gasteiger partial charge in [0.25, 0.3) is 5.56 Å². The summed E-state index contributed by atoms with van der Waals surface area (Å²) >= 11 is 6.15. The summed E-state index contributed by atoms with van der Waals surface area (Å²) in [5.41, 5.74) is 1.19. The van der Waals surface area contributed by atoms with Gasteiger partial charge in [-0.1, -0.05) is 24.4 Å². The van der Waals surface area contributed by atoms with E-state index in [9.17, 15) is 13.4 Å². The quantitative estimate of drug-likeness (QED) is 0.596. The lowest BCUT2D eigenvalue weighted by Gasteiger charge is -2.17. The van der Waals surface area contributed by atoms with Crippen LogP contribution in [-0.4, -0.2) is 25.0 Å². The first-order chi connectivity index (χ1) is 14.1. The molecule has 0 radical (unpaired) electrons. The second-order valence-corrected chi connectivity index (χ2v) is 10.2. The van der Waals surface area contributed by atoms with Gasteiger partial charge in [-0.25, -0.2) is 18.4 Å². The van der Waals surface area contributed by atoms with Crippen molar-refractivity contribution in [3.05, 3.63) is 51.2 Å². The molecule has 1 aliphatic rings. The second kappa shape index (κ2) is 7.63. The molecule has 1 saturated carbocycles. The van der Waals surface area contributed by atoms with Gasteiger partial charge in [0.1, 0.15) is 16.5 Å². The highest BCUT2D eigenvalue weighted by molar-refractivity contribution is 7.91. The largest absolute Gasteiger partial charge is 0.324 e. The van der Waals surface area contributed by atoms with E-state index < -0.39 is 15.5 Å². The van der Waals surface area contributed by atoms with Gasteiger partial charge in [-0.05, 0) is 43.5 Å². The Morgan fingerprint density at radius 3 is 2.67 bits per heavy atom. The minimum absolute atomic E-state index is 0.0367. The molecule has 3 aromatic rings. The lowest BCUT2D eigenvalue weighted by molar-refractivity contribution is 0.516. The number of nitrogens with one attached hydrogen (secondary N) is 2. The molecular formula is C20H21ClFN5O2S. The Bertz CT molecular complexity index is 1320. The normalized spacial score (nSPS) is 16.7. The number of benzene rings is 1. The van der Waals surface area contributed by atoms with Crippen LogP contribution in [0.1, 0.15) is 37.3 Å². The topological polar surface area (TPSA) is 101 Å². The van der Waals surface area contributed by atoms with Crippen molar-refractivity contribution in [3.8, 4) is 0 Å². The van der Waals surface area contributed by atoms with Crippen LogP contribution in [0.25, 0.3) is 11.0 Å². The zero-order valence-electron chi connectivity index (χ0n) is 16.5. The number of hydrogen-bond donors (Lipinski definition) is 2. The Morgan fingerprint density at radius 2 is 2.00 bits per heavy atom. The van der Waals surface area contributed by atoms with Crippen molar-refractivity contribution in [3.63, 3.8) is 0 Å². The number of aromatic nitrogens is 3. The molecule has 2 aromatic heterocycles. The Hall–Kier alpha value is -2.52. The van der Waals surface area contributed by atoms with Crippen LogP contribution in [0, 0.1) is 17.5 Å². The van der Waals surface area contributed by atoms with Gasteiger partial charge < -0.3 is 5.32 Å². The van der Waals surface area contributed by atoms with Crippen molar-refractivity contribution >= 4 is 44.0 Å². The zero-order valence-corrected chi connectivity index (χ0v) is 18.1. The maximum Gasteiger partial charge on any atom is 0.271 e. The van der Waals surface area contributed by atoms with E-state index in [2.05, 4.69) is 15.3 Å². The summed E-state index contributed by atoms with van der Waals surface area (Å²) in [7, 11) is -3.18. The van der Waals surface area contributed by atoms with Crippen LogP contribution in [-0.2, 0) is 9.73 Å². The molecule has 10 heteroatoms. The summed E-state index contributed by atoms with van der Waals surface area (Å²) in [6.45, 7) is 1.71. The molecule has 4 rings (SSSR count). The summed E-state index contributed by atoms with van der Waals surface area (Å²) in [4.78, 5) is 21.4. The standard InChI is InChI=1S/C20H21ClFN5O2S/c1-11-7-17(30(2,23)29)15(22)9-16(11)25-20-24-10-12-8-14(21)19(28)27(18(12)26-20)13-5-3-4-6-13/h7-10,13,23H,3-6H2,1-2H3,(H,24,25,26). The van der Waals surface area contributed by atoms with E-state index >= 15 is 0 Å². The summed E-state index contributed by atoms with van der Waals surface area (Å²) in [6, 6.07) is 4.17. The predicted molar refractivity (Wildman–Crippen MR) is 116 cm³/mol. The van der Waals surface area contributed by atoms with Gasteiger partial charge in [0.05, 0.1) is 14.6 Å². The van der Waals surface area contributed by atoms with Gasteiger partial charge in [0.2, 0.25) is 5.95 Å². The van der Waals surface area contributed by atoms with E-state index in [-0.39, 0.29) is 27.5 Å². The van der Waals surface area contributed by atoms with Crippen LogP contribution in [0.2, 0.25) is 5.02 Å². The van der Waals surface area contributed by atoms with Crippen LogP contribution in [0.5, 0.6) is 0 Å². The number of rotatable bonds is 4. The predicted octanol–water partition coefficient (Wildman–Crippen LogP) is 4.79. The highest BCUT2D eigenvalue weighted by Crippen LogP contribution is 2.32. The molecule has 0 aliphatic heterocycles. The average molecular weight is 450 g/mol. The minimum atomic E-state index is -3.18. The number of anilines is 2. The summed E-state index contributed by atoms with van der Waals surface area (Å²) in [5.74, 6) is -0.532. The molecule has 30 heavy (non-hydrogen) atoms. The van der Waals surface area contributed by atoms with Gasteiger partial charge in [-0.15, -0.1) is 0 Å². The maximum absolute atomic E-state index is 14.4. The van der Waals surface area contributed by atoms with Crippen LogP contribution < -0.4 is 10.9 Å². The van der Waals surface area contributed by atoms with Crippen LogP contribution in [0.15, 0.2) is 34.1 Å². The number of fused-ring (bicyclic) bond motifs is 1. The second-order valence-electron chi connectivity index (χ2n) is 7.64. The van der Waals surface area contributed by atoms with E-state index in [0.717, 1.165) is 25.7 Å². The van der Waals surface area contributed by atoms with Crippen molar-refractivity contribution in [1.29, 1.82) is 4.78 Å². The smallest absolute Gasteiger partial charge is 0.271 e. The molecule has 7 nitrogen and oxygen atoms in total. The third kappa shape index (κ3) is 3.79. The fourth-order valence-electron chi connectivity index (χ4n) is 3.86. The fourth-order valence-corrected chi connectivity index (χ4v) is 4.90. The van der Waals surface area contributed by atoms with Crippen molar-refractivity contribution < 1.29 is 8.60 Å². The zero-order chi connectivity index (χ0) is 21.6. The van der Waals surface area contributed by atoms with Gasteiger partial charge >= 0.3 is 0 Å². The van der Waals surface area contributed by atoms with E-state index in [1.165, 1.54) is 18.4 Å². The van der Waals surface area contributed by atoms with Crippen molar-refractivity contribution in [2.24, 2.45) is 0 Å². The van der Waals surface area contributed by atoms with Crippen molar-refractivity contribution in [1.82, 2.24) is 14.5 Å². The molecule has 1 aliphatic carbocycles. The Balaban J connectivity index is 1.80. The van der Waals surface area contributed by atoms with Crippen LogP contribution in [0.3, 0.4) is 0 Å². The minimum Gasteiger partial charge on any atom is -0.324 e. The molecule has 0 amide bonds. The van der Waals surface area contributed by atoms with Gasteiger partial charge in [-0.2, -0.15) is 4.98 Å². The molecule has 1 fully saturated rings. The lowest BCUT2D eigenvalue weighted by atomic mass is 10.2. The number of hydrogen-bond acceptors (Lipinski definition) is 6. The van der Waals surface area contributed by atoms with Gasteiger partial charge in [0, 0.05) is 29.6 Å². The molecule has 158 valence electrons. The van der Waals surface area contributed by atoms with Crippen molar-refractivity contribution in [2.45, 2.75) is 43.5 Å². The van der Waals surface area contributed by atoms with Gasteiger partial charge in [0.15, 0.2) is 0 Å². The highest BCUT2D eigenvalue weighted by atomic mass is 35.5. The molecule has 0 saturated heterocycles.